The Balaban J connectivity index is 1.33. The van der Waals surface area contributed by atoms with E-state index in [1.54, 1.807) is 17.0 Å². The van der Waals surface area contributed by atoms with Gasteiger partial charge in [-0.25, -0.2) is 26.3 Å². The van der Waals surface area contributed by atoms with Gasteiger partial charge in [0.05, 0.1) is 10.8 Å². The van der Waals surface area contributed by atoms with Crippen molar-refractivity contribution in [3.05, 3.63) is 65.8 Å². The van der Waals surface area contributed by atoms with Crippen LogP contribution in [0.4, 0.5) is 13.2 Å². The van der Waals surface area contributed by atoms with Crippen molar-refractivity contribution in [2.45, 2.75) is 30.1 Å². The van der Waals surface area contributed by atoms with Gasteiger partial charge in [-0.1, -0.05) is 17.3 Å². The molecular weight excluding hydrogens is 473 g/mol. The van der Waals surface area contributed by atoms with Crippen LogP contribution in [0.2, 0.25) is 0 Å². The van der Waals surface area contributed by atoms with Gasteiger partial charge in [0.1, 0.15) is 5.82 Å². The summed E-state index contributed by atoms with van der Waals surface area (Å²) in [5, 5.41) is 3.91. The molecule has 1 aliphatic rings. The molecule has 1 saturated heterocycles. The van der Waals surface area contributed by atoms with E-state index in [2.05, 4.69) is 14.9 Å². The molecule has 2 heterocycles. The highest BCUT2D eigenvalue weighted by Crippen LogP contribution is 2.28. The number of carbonyl (C=O) groups excluding carboxylic acids is 1. The minimum absolute atomic E-state index is 0.117. The van der Waals surface area contributed by atoms with E-state index in [0.717, 1.165) is 18.6 Å². The molecule has 1 unspecified atom stereocenters. The fraction of sp³-hybridized carbons (Fsp3) is 0.318. The SMILES string of the molecule is O=C(CCNS(=O)(=O)c1ccc(F)c(F)c1)N1CCCC(c2nc(-c3cccc(F)c3)no2)C1. The first-order chi connectivity index (χ1) is 16.2. The zero-order chi connectivity index (χ0) is 24.3. The first-order valence-electron chi connectivity index (χ1n) is 10.5. The van der Waals surface area contributed by atoms with Crippen LogP contribution in [-0.2, 0) is 14.8 Å². The summed E-state index contributed by atoms with van der Waals surface area (Å²) in [7, 11) is -4.09. The molecule has 3 aromatic rings. The number of nitrogens with zero attached hydrogens (tertiary/aromatic N) is 3. The average molecular weight is 494 g/mol. The predicted molar refractivity (Wildman–Crippen MR) is 114 cm³/mol. The summed E-state index contributed by atoms with van der Waals surface area (Å²) >= 11 is 0. The maximum atomic E-state index is 13.5. The zero-order valence-corrected chi connectivity index (χ0v) is 18.7. The van der Waals surface area contributed by atoms with E-state index in [-0.39, 0.29) is 30.6 Å². The highest BCUT2D eigenvalue weighted by molar-refractivity contribution is 7.89. The van der Waals surface area contributed by atoms with Crippen molar-refractivity contribution in [1.82, 2.24) is 19.8 Å². The van der Waals surface area contributed by atoms with Crippen molar-refractivity contribution in [3.8, 4) is 11.4 Å². The van der Waals surface area contributed by atoms with Gasteiger partial charge in [-0.15, -0.1) is 0 Å². The number of benzene rings is 2. The van der Waals surface area contributed by atoms with Gasteiger partial charge in [0, 0.05) is 31.6 Å². The molecule has 1 atom stereocenters. The Hall–Kier alpha value is -3.25. The number of piperidine rings is 1. The van der Waals surface area contributed by atoms with E-state index in [4.69, 9.17) is 4.52 Å². The van der Waals surface area contributed by atoms with E-state index >= 15 is 0 Å². The predicted octanol–water partition coefficient (Wildman–Crippen LogP) is 3.23. The summed E-state index contributed by atoms with van der Waals surface area (Å²) in [4.78, 5) is 18.1. The summed E-state index contributed by atoms with van der Waals surface area (Å²) in [6.07, 6.45) is 1.29. The molecule has 12 heteroatoms. The Morgan fingerprint density at radius 2 is 1.97 bits per heavy atom. The number of hydrogen-bond acceptors (Lipinski definition) is 6. The van der Waals surface area contributed by atoms with Gasteiger partial charge in [0.2, 0.25) is 27.6 Å². The van der Waals surface area contributed by atoms with E-state index in [1.807, 2.05) is 0 Å². The summed E-state index contributed by atoms with van der Waals surface area (Å²) in [6.45, 7) is 0.612. The number of nitrogens with one attached hydrogen (secondary N) is 1. The monoisotopic (exact) mass is 494 g/mol. The van der Waals surface area contributed by atoms with Gasteiger partial charge in [0.15, 0.2) is 11.6 Å². The summed E-state index contributed by atoms with van der Waals surface area (Å²) in [6, 6.07) is 8.07. The third-order valence-electron chi connectivity index (χ3n) is 5.48. The number of sulfonamides is 1. The van der Waals surface area contributed by atoms with Gasteiger partial charge >= 0.3 is 0 Å². The number of hydrogen-bond donors (Lipinski definition) is 1. The van der Waals surface area contributed by atoms with Gasteiger partial charge in [-0.2, -0.15) is 4.98 Å². The molecule has 0 aliphatic carbocycles. The van der Waals surface area contributed by atoms with Crippen LogP contribution < -0.4 is 4.72 Å². The number of aromatic nitrogens is 2. The second-order valence-electron chi connectivity index (χ2n) is 7.87. The van der Waals surface area contributed by atoms with Crippen LogP contribution in [0.1, 0.15) is 31.1 Å². The molecule has 0 spiro atoms. The smallest absolute Gasteiger partial charge is 0.240 e. The molecule has 8 nitrogen and oxygen atoms in total. The Morgan fingerprint density at radius 1 is 1.15 bits per heavy atom. The van der Waals surface area contributed by atoms with E-state index in [0.29, 0.717) is 37.0 Å². The molecule has 0 radical (unpaired) electrons. The van der Waals surface area contributed by atoms with Crippen molar-refractivity contribution in [3.63, 3.8) is 0 Å². The van der Waals surface area contributed by atoms with Crippen LogP contribution in [0.15, 0.2) is 51.9 Å². The molecule has 4 rings (SSSR count). The topological polar surface area (TPSA) is 105 Å². The quantitative estimate of drug-likeness (QED) is 0.541. The molecule has 0 bridgehead atoms. The molecular formula is C22H21F3N4O4S. The number of rotatable bonds is 7. The van der Waals surface area contributed by atoms with Gasteiger partial charge in [-0.05, 0) is 43.2 Å². The molecule has 1 amide bonds. The molecule has 180 valence electrons. The summed E-state index contributed by atoms with van der Waals surface area (Å²) < 4.78 is 71.9. The van der Waals surface area contributed by atoms with Crippen LogP contribution in [0.3, 0.4) is 0 Å². The fourth-order valence-corrected chi connectivity index (χ4v) is 4.77. The van der Waals surface area contributed by atoms with Gasteiger partial charge in [0.25, 0.3) is 0 Å². The summed E-state index contributed by atoms with van der Waals surface area (Å²) in [5.41, 5.74) is 0.479. The van der Waals surface area contributed by atoms with E-state index in [1.165, 1.54) is 12.1 Å². The van der Waals surface area contributed by atoms with Crippen molar-refractivity contribution in [2.75, 3.05) is 19.6 Å². The lowest BCUT2D eigenvalue weighted by Gasteiger charge is -2.31. The van der Waals surface area contributed by atoms with Crippen LogP contribution >= 0.6 is 0 Å². The lowest BCUT2D eigenvalue weighted by molar-refractivity contribution is -0.132. The maximum Gasteiger partial charge on any atom is 0.240 e. The standard InChI is InChI=1S/C22H21F3N4O4S/c23-16-5-1-3-14(11-16)21-27-22(33-28-21)15-4-2-10-29(13-15)20(30)8-9-26-34(31,32)17-6-7-18(24)19(25)12-17/h1,3,5-7,11-12,15,26H,2,4,8-10,13H2. The van der Waals surface area contributed by atoms with Gasteiger partial charge < -0.3 is 9.42 Å². The molecule has 1 aromatic heterocycles. The van der Waals surface area contributed by atoms with Crippen molar-refractivity contribution in [1.29, 1.82) is 0 Å². The van der Waals surface area contributed by atoms with Crippen molar-refractivity contribution >= 4 is 15.9 Å². The third kappa shape index (κ3) is 5.45. The number of halogens is 3. The van der Waals surface area contributed by atoms with Crippen LogP contribution in [0.25, 0.3) is 11.4 Å². The van der Waals surface area contributed by atoms with E-state index in [9.17, 15) is 26.4 Å². The Morgan fingerprint density at radius 3 is 2.74 bits per heavy atom. The Labute approximate surface area is 193 Å². The first kappa shape index (κ1) is 23.9. The normalized spacial score (nSPS) is 16.6. The largest absolute Gasteiger partial charge is 0.342 e. The maximum absolute atomic E-state index is 13.5. The second kappa shape index (κ2) is 9.94. The number of amides is 1. The number of likely N-dealkylation sites (tertiary alicyclic amines) is 1. The van der Waals surface area contributed by atoms with Crippen LogP contribution in [0, 0.1) is 17.5 Å². The Kier molecular flexibility index (Phi) is 6.98. The lowest BCUT2D eigenvalue weighted by Crippen LogP contribution is -2.40. The van der Waals surface area contributed by atoms with Crippen molar-refractivity contribution in [2.24, 2.45) is 0 Å². The first-order valence-corrected chi connectivity index (χ1v) is 12.0. The molecule has 0 saturated carbocycles. The fourth-order valence-electron chi connectivity index (χ4n) is 3.73. The minimum Gasteiger partial charge on any atom is -0.342 e. The molecule has 1 fully saturated rings. The van der Waals surface area contributed by atoms with Crippen LogP contribution in [-0.4, -0.2) is 49.0 Å². The van der Waals surface area contributed by atoms with Crippen molar-refractivity contribution < 1.29 is 30.9 Å². The second-order valence-corrected chi connectivity index (χ2v) is 9.64. The van der Waals surface area contributed by atoms with Crippen LogP contribution in [0.5, 0.6) is 0 Å². The number of carbonyl (C=O) groups is 1. The third-order valence-corrected chi connectivity index (χ3v) is 6.94. The molecule has 1 N–H and O–H groups in total. The highest BCUT2D eigenvalue weighted by Gasteiger charge is 2.29. The average Bonchev–Trinajstić information content (AvgIpc) is 3.31. The Bertz CT molecular complexity index is 1300. The lowest BCUT2D eigenvalue weighted by atomic mass is 9.97. The van der Waals surface area contributed by atoms with E-state index < -0.39 is 32.4 Å². The zero-order valence-electron chi connectivity index (χ0n) is 17.9. The van der Waals surface area contributed by atoms with Gasteiger partial charge in [-0.3, -0.25) is 4.79 Å². The summed E-state index contributed by atoms with van der Waals surface area (Å²) in [5.74, 6) is -2.73. The molecule has 1 aliphatic heterocycles. The molecule has 34 heavy (non-hydrogen) atoms. The highest BCUT2D eigenvalue weighted by atomic mass is 32.2. The molecule has 2 aromatic carbocycles. The minimum atomic E-state index is -4.09.